The molecule has 3 aromatic rings. The maximum atomic E-state index is 12.9. The lowest BCUT2D eigenvalue weighted by molar-refractivity contribution is 0.0998. The fourth-order valence-corrected chi connectivity index (χ4v) is 6.71. The molecule has 0 spiro atoms. The first-order valence-electron chi connectivity index (χ1n) is 10.1. The fourth-order valence-electron chi connectivity index (χ4n) is 4.06. The van der Waals surface area contributed by atoms with Crippen LogP contribution < -0.4 is 4.80 Å². The molecule has 2 aromatic carbocycles. The summed E-state index contributed by atoms with van der Waals surface area (Å²) in [4.78, 5) is 17.8. The summed E-state index contributed by atoms with van der Waals surface area (Å²) >= 11 is 7.64. The first kappa shape index (κ1) is 22.2. The van der Waals surface area contributed by atoms with Gasteiger partial charge in [-0.15, -0.1) is 0 Å². The Labute approximate surface area is 190 Å². The van der Waals surface area contributed by atoms with Crippen molar-refractivity contribution in [3.05, 3.63) is 57.3 Å². The number of nitrogens with zero attached hydrogens (tertiary/aromatic N) is 3. The first-order valence-corrected chi connectivity index (χ1v) is 12.8. The van der Waals surface area contributed by atoms with E-state index in [1.807, 2.05) is 30.7 Å². The molecule has 0 unspecified atom stereocenters. The minimum Gasteiger partial charge on any atom is -0.319 e. The van der Waals surface area contributed by atoms with Crippen LogP contribution in [0.15, 0.2) is 46.3 Å². The Kier molecular flexibility index (Phi) is 6.09. The van der Waals surface area contributed by atoms with E-state index in [9.17, 15) is 13.2 Å². The molecule has 0 radical (unpaired) electrons. The van der Waals surface area contributed by atoms with Crippen LogP contribution in [0.1, 0.15) is 41.6 Å². The summed E-state index contributed by atoms with van der Waals surface area (Å²) < 4.78 is 30.1. The molecule has 9 heteroatoms. The second kappa shape index (κ2) is 8.50. The average Bonchev–Trinajstić information content (AvgIpc) is 3.39. The first-order chi connectivity index (χ1) is 14.7. The zero-order valence-corrected chi connectivity index (χ0v) is 20.0. The Bertz CT molecular complexity index is 1320. The third kappa shape index (κ3) is 4.09. The van der Waals surface area contributed by atoms with Gasteiger partial charge in [0.2, 0.25) is 10.0 Å². The van der Waals surface area contributed by atoms with Crippen molar-refractivity contribution in [1.29, 1.82) is 0 Å². The lowest BCUT2D eigenvalue weighted by Crippen LogP contribution is -2.35. The normalized spacial score (nSPS) is 16.0. The topological polar surface area (TPSA) is 71.7 Å². The number of aryl methyl sites for hydroxylation is 2. The highest BCUT2D eigenvalue weighted by Gasteiger charge is 2.30. The van der Waals surface area contributed by atoms with Gasteiger partial charge in [-0.3, -0.25) is 4.79 Å². The molecule has 1 amide bonds. The van der Waals surface area contributed by atoms with E-state index in [0.29, 0.717) is 15.4 Å². The number of carbonyl (C=O) groups is 1. The summed E-state index contributed by atoms with van der Waals surface area (Å²) in [6, 6.07) is 9.82. The van der Waals surface area contributed by atoms with Gasteiger partial charge in [0.25, 0.3) is 5.91 Å². The molecule has 1 aliphatic carbocycles. The molecule has 1 aromatic heterocycles. The number of thiazole rings is 1. The van der Waals surface area contributed by atoms with Crippen LogP contribution in [0.2, 0.25) is 5.02 Å². The van der Waals surface area contributed by atoms with Crippen molar-refractivity contribution in [3.8, 4) is 0 Å². The van der Waals surface area contributed by atoms with Gasteiger partial charge in [-0.1, -0.05) is 35.8 Å². The van der Waals surface area contributed by atoms with Gasteiger partial charge >= 0.3 is 0 Å². The van der Waals surface area contributed by atoms with Gasteiger partial charge in [0.1, 0.15) is 0 Å². The molecule has 31 heavy (non-hydrogen) atoms. The molecular weight excluding hydrogens is 454 g/mol. The van der Waals surface area contributed by atoms with Crippen molar-refractivity contribution >= 4 is 49.1 Å². The molecule has 6 nitrogen and oxygen atoms in total. The predicted molar refractivity (Wildman–Crippen MR) is 124 cm³/mol. The predicted octanol–water partition coefficient (Wildman–Crippen LogP) is 4.51. The van der Waals surface area contributed by atoms with Crippen LogP contribution >= 0.6 is 22.9 Å². The van der Waals surface area contributed by atoms with Crippen LogP contribution in [0.5, 0.6) is 0 Å². The van der Waals surface area contributed by atoms with Gasteiger partial charge in [-0.25, -0.2) is 8.42 Å². The monoisotopic (exact) mass is 477 g/mol. The highest BCUT2D eigenvalue weighted by Crippen LogP contribution is 2.28. The smallest absolute Gasteiger partial charge is 0.279 e. The molecule has 1 heterocycles. The van der Waals surface area contributed by atoms with Crippen LogP contribution in [-0.4, -0.2) is 36.3 Å². The maximum Gasteiger partial charge on any atom is 0.279 e. The molecule has 1 aliphatic rings. The van der Waals surface area contributed by atoms with Gasteiger partial charge in [-0.05, 0) is 61.7 Å². The second-order valence-corrected chi connectivity index (χ2v) is 11.3. The number of sulfonamides is 1. The fraction of sp³-hybridized carbons (Fsp3) is 0.364. The number of hydrogen-bond acceptors (Lipinski definition) is 4. The minimum absolute atomic E-state index is 0.0474. The van der Waals surface area contributed by atoms with Crippen LogP contribution in [-0.2, 0) is 17.1 Å². The number of aromatic nitrogens is 1. The Morgan fingerprint density at radius 1 is 1.16 bits per heavy atom. The quantitative estimate of drug-likeness (QED) is 0.555. The van der Waals surface area contributed by atoms with Crippen molar-refractivity contribution < 1.29 is 13.2 Å². The van der Waals surface area contributed by atoms with E-state index >= 15 is 0 Å². The number of fused-ring (bicyclic) bond motifs is 1. The maximum absolute atomic E-state index is 12.9. The summed E-state index contributed by atoms with van der Waals surface area (Å²) in [6.07, 6.45) is 3.89. The molecular formula is C22H24ClN3O3S2. The Hall–Kier alpha value is -2.00. The third-order valence-electron chi connectivity index (χ3n) is 5.97. The molecule has 0 saturated heterocycles. The molecule has 0 N–H and O–H groups in total. The Morgan fingerprint density at radius 2 is 1.81 bits per heavy atom. The van der Waals surface area contributed by atoms with E-state index in [1.165, 1.54) is 39.9 Å². The van der Waals surface area contributed by atoms with Gasteiger partial charge < -0.3 is 4.57 Å². The minimum atomic E-state index is -3.58. The van der Waals surface area contributed by atoms with Crippen LogP contribution in [0.3, 0.4) is 0 Å². The number of halogens is 1. The zero-order valence-electron chi connectivity index (χ0n) is 17.6. The number of benzene rings is 2. The summed E-state index contributed by atoms with van der Waals surface area (Å²) in [5.74, 6) is -0.418. The van der Waals surface area contributed by atoms with Gasteiger partial charge in [0.15, 0.2) is 4.80 Å². The summed E-state index contributed by atoms with van der Waals surface area (Å²) in [5, 5.41) is 0.665. The molecule has 0 aliphatic heterocycles. The van der Waals surface area contributed by atoms with E-state index in [1.54, 1.807) is 7.05 Å². The summed E-state index contributed by atoms with van der Waals surface area (Å²) in [7, 11) is -0.0954. The van der Waals surface area contributed by atoms with E-state index < -0.39 is 15.9 Å². The Morgan fingerprint density at radius 3 is 2.45 bits per heavy atom. The number of rotatable bonds is 4. The Balaban J connectivity index is 1.63. The lowest BCUT2D eigenvalue weighted by atomic mass is 10.2. The number of carbonyl (C=O) groups excluding carboxylic acids is 1. The SMILES string of the molecule is Cc1c(Cl)ccc2sc(=NC(=O)c3ccc(S(=O)(=O)N(C)C4CCCC4)cc3)n(C)c12. The molecule has 1 saturated carbocycles. The average molecular weight is 478 g/mol. The van der Waals surface area contributed by atoms with E-state index in [2.05, 4.69) is 4.99 Å². The highest BCUT2D eigenvalue weighted by molar-refractivity contribution is 7.89. The molecule has 0 atom stereocenters. The van der Waals surface area contributed by atoms with Crippen LogP contribution in [0.4, 0.5) is 0 Å². The van der Waals surface area contributed by atoms with Gasteiger partial charge in [0, 0.05) is 30.7 Å². The standard InChI is InChI=1S/C22H24ClN3O3S2/c1-14-18(23)12-13-19-20(14)25(2)22(30-19)24-21(27)15-8-10-17(11-9-15)31(28,29)26(3)16-6-4-5-7-16/h8-13,16H,4-7H2,1-3H3. The molecule has 0 bridgehead atoms. The molecule has 164 valence electrons. The summed E-state index contributed by atoms with van der Waals surface area (Å²) in [5.41, 5.74) is 2.22. The highest BCUT2D eigenvalue weighted by atomic mass is 35.5. The van der Waals surface area contributed by atoms with Gasteiger partial charge in [0.05, 0.1) is 15.1 Å². The van der Waals surface area contributed by atoms with E-state index in [4.69, 9.17) is 11.6 Å². The van der Waals surface area contributed by atoms with Crippen molar-refractivity contribution in [2.45, 2.75) is 43.5 Å². The zero-order chi connectivity index (χ0) is 22.3. The van der Waals surface area contributed by atoms with E-state index in [0.717, 1.165) is 41.5 Å². The largest absolute Gasteiger partial charge is 0.319 e. The third-order valence-corrected chi connectivity index (χ3v) is 9.40. The molecule has 4 rings (SSSR count). The lowest BCUT2D eigenvalue weighted by Gasteiger charge is -2.23. The van der Waals surface area contributed by atoms with Gasteiger partial charge in [-0.2, -0.15) is 9.30 Å². The van der Waals surface area contributed by atoms with E-state index in [-0.39, 0.29) is 10.9 Å². The van der Waals surface area contributed by atoms with Crippen LogP contribution in [0, 0.1) is 6.92 Å². The van der Waals surface area contributed by atoms with Crippen molar-refractivity contribution in [2.24, 2.45) is 12.0 Å². The molecule has 1 fully saturated rings. The number of amides is 1. The van der Waals surface area contributed by atoms with Crippen molar-refractivity contribution in [2.75, 3.05) is 7.05 Å². The van der Waals surface area contributed by atoms with Crippen molar-refractivity contribution in [1.82, 2.24) is 8.87 Å². The van der Waals surface area contributed by atoms with Crippen LogP contribution in [0.25, 0.3) is 10.2 Å². The number of hydrogen-bond donors (Lipinski definition) is 0. The van der Waals surface area contributed by atoms with Crippen molar-refractivity contribution in [3.63, 3.8) is 0 Å². The summed E-state index contributed by atoms with van der Waals surface area (Å²) in [6.45, 7) is 1.94. The second-order valence-electron chi connectivity index (χ2n) is 7.86.